The van der Waals surface area contributed by atoms with Crippen LogP contribution < -0.4 is 4.74 Å². The Bertz CT molecular complexity index is 1110. The van der Waals surface area contributed by atoms with Crippen molar-refractivity contribution in [2.45, 2.75) is 89.1 Å². The van der Waals surface area contributed by atoms with E-state index in [-0.39, 0.29) is 23.9 Å². The Balaban J connectivity index is 1.35. The number of esters is 1. The largest absolute Gasteiger partial charge is 0.505 e. The molecular formula is C29H34F4O4. The molecule has 2 fully saturated rings. The average Bonchev–Trinajstić information content (AvgIpc) is 2.91. The number of carbonyl (C=O) groups is 1. The predicted octanol–water partition coefficient (Wildman–Crippen LogP) is 7.26. The minimum absolute atomic E-state index is 0.0655. The summed E-state index contributed by atoms with van der Waals surface area (Å²) in [6.45, 7) is 2.04. The van der Waals surface area contributed by atoms with Crippen LogP contribution in [-0.4, -0.2) is 22.3 Å². The molecule has 4 rings (SSSR count). The highest BCUT2D eigenvalue weighted by atomic mass is 19.2. The van der Waals surface area contributed by atoms with Crippen molar-refractivity contribution in [2.24, 2.45) is 11.8 Å². The highest BCUT2D eigenvalue weighted by Crippen LogP contribution is 2.42. The smallest absolute Gasteiger partial charge is 0.314 e. The van der Waals surface area contributed by atoms with Crippen molar-refractivity contribution in [3.05, 3.63) is 58.7 Å². The molecule has 2 aliphatic carbocycles. The summed E-state index contributed by atoms with van der Waals surface area (Å²) >= 11 is 0. The maximum Gasteiger partial charge on any atom is 0.314 e. The van der Waals surface area contributed by atoms with E-state index in [0.717, 1.165) is 50.7 Å². The molecule has 0 aromatic heterocycles. The molecular weight excluding hydrogens is 488 g/mol. The summed E-state index contributed by atoms with van der Waals surface area (Å²) < 4.78 is 62.7. The predicted molar refractivity (Wildman–Crippen MR) is 130 cm³/mol. The molecule has 1 atom stereocenters. The van der Waals surface area contributed by atoms with Gasteiger partial charge in [0.2, 0.25) is 11.6 Å². The highest BCUT2D eigenvalue weighted by molar-refractivity contribution is 5.75. The number of halogens is 4. The van der Waals surface area contributed by atoms with E-state index >= 15 is 8.78 Å². The van der Waals surface area contributed by atoms with Gasteiger partial charge in [-0.15, -0.1) is 0 Å². The van der Waals surface area contributed by atoms with Crippen LogP contribution in [-0.2, 0) is 4.79 Å². The zero-order valence-corrected chi connectivity index (χ0v) is 21.0. The van der Waals surface area contributed by atoms with E-state index in [1.165, 1.54) is 0 Å². The normalized spacial score (nSPS) is 25.0. The Morgan fingerprint density at radius 1 is 0.838 bits per heavy atom. The minimum Gasteiger partial charge on any atom is -0.505 e. The first-order valence-electron chi connectivity index (χ1n) is 13.3. The first kappa shape index (κ1) is 27.4. The summed E-state index contributed by atoms with van der Waals surface area (Å²) in [7, 11) is 0. The number of phenols is 1. The number of aliphatic hydroxyl groups is 1. The van der Waals surface area contributed by atoms with Gasteiger partial charge in [0.15, 0.2) is 23.1 Å². The van der Waals surface area contributed by atoms with Gasteiger partial charge in [0.25, 0.3) is 0 Å². The number of aromatic hydroxyl groups is 1. The Labute approximate surface area is 214 Å². The summed E-state index contributed by atoms with van der Waals surface area (Å²) in [4.78, 5) is 12.5. The Morgan fingerprint density at radius 3 is 1.92 bits per heavy atom. The topological polar surface area (TPSA) is 66.8 Å². The second-order valence-electron chi connectivity index (χ2n) is 10.5. The zero-order valence-electron chi connectivity index (χ0n) is 21.0. The third-order valence-corrected chi connectivity index (χ3v) is 8.22. The lowest BCUT2D eigenvalue weighted by Crippen LogP contribution is -2.26. The van der Waals surface area contributed by atoms with E-state index in [1.807, 2.05) is 6.92 Å². The van der Waals surface area contributed by atoms with Gasteiger partial charge >= 0.3 is 5.97 Å². The van der Waals surface area contributed by atoms with Crippen molar-refractivity contribution in [3.63, 3.8) is 0 Å². The summed E-state index contributed by atoms with van der Waals surface area (Å²) in [5.74, 6) is -7.44. The van der Waals surface area contributed by atoms with Crippen LogP contribution in [0.1, 0.15) is 94.1 Å². The number of rotatable bonds is 7. The third-order valence-electron chi connectivity index (χ3n) is 8.22. The molecule has 8 heteroatoms. The molecule has 0 spiro atoms. The van der Waals surface area contributed by atoms with Crippen LogP contribution in [0.2, 0.25) is 0 Å². The lowest BCUT2D eigenvalue weighted by molar-refractivity contribution is -0.140. The summed E-state index contributed by atoms with van der Waals surface area (Å²) in [5, 5.41) is 19.5. The molecule has 0 aliphatic heterocycles. The maximum absolute atomic E-state index is 15.2. The number of hydrogen-bond acceptors (Lipinski definition) is 4. The molecule has 0 bridgehead atoms. The molecule has 37 heavy (non-hydrogen) atoms. The van der Waals surface area contributed by atoms with Crippen molar-refractivity contribution in [1.29, 1.82) is 0 Å². The van der Waals surface area contributed by atoms with E-state index in [0.29, 0.717) is 36.8 Å². The van der Waals surface area contributed by atoms with Gasteiger partial charge in [-0.25, -0.2) is 8.78 Å². The van der Waals surface area contributed by atoms with Crippen LogP contribution in [0, 0.1) is 35.1 Å². The third kappa shape index (κ3) is 5.95. The first-order valence-corrected chi connectivity index (χ1v) is 13.3. The van der Waals surface area contributed by atoms with Crippen LogP contribution in [0.15, 0.2) is 24.3 Å². The van der Waals surface area contributed by atoms with Gasteiger partial charge in [-0.2, -0.15) is 8.78 Å². The highest BCUT2D eigenvalue weighted by Gasteiger charge is 2.33. The van der Waals surface area contributed by atoms with E-state index < -0.39 is 46.7 Å². The lowest BCUT2D eigenvalue weighted by Gasteiger charge is -2.32. The van der Waals surface area contributed by atoms with Crippen molar-refractivity contribution in [2.75, 3.05) is 0 Å². The monoisotopic (exact) mass is 522 g/mol. The molecule has 2 aromatic carbocycles. The van der Waals surface area contributed by atoms with Crippen molar-refractivity contribution in [3.8, 4) is 11.5 Å². The van der Waals surface area contributed by atoms with Crippen LogP contribution >= 0.6 is 0 Å². The van der Waals surface area contributed by atoms with E-state index in [9.17, 15) is 23.8 Å². The van der Waals surface area contributed by atoms with Crippen molar-refractivity contribution in [1.82, 2.24) is 0 Å². The number of aliphatic hydroxyl groups excluding tert-OH is 1. The second-order valence-corrected chi connectivity index (χ2v) is 10.5. The van der Waals surface area contributed by atoms with Gasteiger partial charge in [0, 0.05) is 0 Å². The quantitative estimate of drug-likeness (QED) is 0.228. The lowest BCUT2D eigenvalue weighted by atomic mass is 9.74. The second kappa shape index (κ2) is 11.8. The molecule has 0 heterocycles. The van der Waals surface area contributed by atoms with Gasteiger partial charge in [-0.1, -0.05) is 25.5 Å². The van der Waals surface area contributed by atoms with Crippen molar-refractivity contribution >= 4 is 5.97 Å². The van der Waals surface area contributed by atoms with Gasteiger partial charge in [0.1, 0.15) is 0 Å². The fourth-order valence-electron chi connectivity index (χ4n) is 5.99. The van der Waals surface area contributed by atoms with E-state index in [2.05, 4.69) is 0 Å². The van der Waals surface area contributed by atoms with Gasteiger partial charge in [0.05, 0.1) is 12.0 Å². The first-order chi connectivity index (χ1) is 17.7. The molecule has 4 nitrogen and oxygen atoms in total. The van der Waals surface area contributed by atoms with Crippen LogP contribution in [0.25, 0.3) is 0 Å². The number of ether oxygens (including phenoxy) is 1. The SMILES string of the molecule is CCCC(O)C1CCC(c2ccc(C3CCC(C(=O)Oc4ccc(O)c(F)c4F)CC3)c(F)c2F)CC1. The molecule has 0 saturated heterocycles. The molecule has 2 aliphatic rings. The Morgan fingerprint density at radius 2 is 1.38 bits per heavy atom. The molecule has 1 unspecified atom stereocenters. The van der Waals surface area contributed by atoms with E-state index in [4.69, 9.17) is 4.74 Å². The number of benzene rings is 2. The van der Waals surface area contributed by atoms with E-state index in [1.54, 1.807) is 12.1 Å². The minimum atomic E-state index is -1.49. The number of carbonyl (C=O) groups excluding carboxylic acids is 1. The molecule has 0 amide bonds. The van der Waals surface area contributed by atoms with Crippen LogP contribution in [0.4, 0.5) is 17.6 Å². The summed E-state index contributed by atoms with van der Waals surface area (Å²) in [5.41, 5.74) is 0.692. The summed E-state index contributed by atoms with van der Waals surface area (Å²) in [6.07, 6.45) is 5.96. The fourth-order valence-corrected chi connectivity index (χ4v) is 5.99. The number of phenolic OH excluding ortho intramolecular Hbond substituents is 1. The van der Waals surface area contributed by atoms with Crippen molar-refractivity contribution < 1.29 is 37.3 Å². The molecule has 0 radical (unpaired) electrons. The Hall–Kier alpha value is -2.61. The number of hydrogen-bond donors (Lipinski definition) is 2. The molecule has 2 aromatic rings. The van der Waals surface area contributed by atoms with Gasteiger partial charge < -0.3 is 14.9 Å². The van der Waals surface area contributed by atoms with Gasteiger partial charge in [-0.3, -0.25) is 4.79 Å². The summed E-state index contributed by atoms with van der Waals surface area (Å²) in [6, 6.07) is 5.23. The van der Waals surface area contributed by atoms with Crippen LogP contribution in [0.5, 0.6) is 11.5 Å². The molecule has 202 valence electrons. The standard InChI is InChI=1S/C29H34F4O4/c1-2-3-22(34)18-8-4-16(5-9-18)20-12-13-21(26(31)25(20)30)17-6-10-19(11-7-17)29(36)37-24-15-14-23(35)27(32)28(24)33/h12-19,22,34-35H,2-11H2,1H3. The average molecular weight is 523 g/mol. The van der Waals surface area contributed by atoms with Gasteiger partial charge in [-0.05, 0) is 98.8 Å². The molecule has 2 N–H and O–H groups in total. The molecule has 2 saturated carbocycles. The Kier molecular flexibility index (Phi) is 8.78. The zero-order chi connectivity index (χ0) is 26.7. The maximum atomic E-state index is 15.2. The fraction of sp³-hybridized carbons (Fsp3) is 0.552. The van der Waals surface area contributed by atoms with Crippen LogP contribution in [0.3, 0.4) is 0 Å².